The van der Waals surface area contributed by atoms with Crippen molar-refractivity contribution in [3.63, 3.8) is 0 Å². The van der Waals surface area contributed by atoms with Gasteiger partial charge in [-0.3, -0.25) is 13.9 Å². The zero-order valence-electron chi connectivity index (χ0n) is 18.3. The van der Waals surface area contributed by atoms with E-state index in [0.29, 0.717) is 28.0 Å². The van der Waals surface area contributed by atoms with Gasteiger partial charge < -0.3 is 9.72 Å². The molecule has 0 unspecified atom stereocenters. The predicted molar refractivity (Wildman–Crippen MR) is 129 cm³/mol. The molecular formula is C25H22N2O5S. The minimum absolute atomic E-state index is 0.165. The molecule has 0 aliphatic carbocycles. The van der Waals surface area contributed by atoms with Gasteiger partial charge in [0.1, 0.15) is 11.6 Å². The minimum atomic E-state index is -3.59. The smallest absolute Gasteiger partial charge is 0.235 e. The normalized spacial score (nSPS) is 11.4. The summed E-state index contributed by atoms with van der Waals surface area (Å²) in [5.74, 6) is -0.471. The van der Waals surface area contributed by atoms with Crippen LogP contribution in [0.5, 0.6) is 5.75 Å². The number of carbonyl (C=O) groups is 2. The molecule has 0 saturated heterocycles. The summed E-state index contributed by atoms with van der Waals surface area (Å²) in [7, 11) is -0.637. The molecule has 4 aromatic rings. The van der Waals surface area contributed by atoms with E-state index in [9.17, 15) is 18.0 Å². The zero-order chi connectivity index (χ0) is 23.8. The number of ether oxygens (including phenoxy) is 1. The van der Waals surface area contributed by atoms with Crippen molar-refractivity contribution in [3.8, 4) is 16.9 Å². The first-order chi connectivity index (χ1) is 15.7. The van der Waals surface area contributed by atoms with Crippen molar-refractivity contribution in [2.24, 2.45) is 0 Å². The lowest BCUT2D eigenvalue weighted by molar-refractivity contribution is 0.0818. The number of methoxy groups -OCH3 is 1. The van der Waals surface area contributed by atoms with Gasteiger partial charge in [-0.1, -0.05) is 42.5 Å². The molecule has 0 fully saturated rings. The summed E-state index contributed by atoms with van der Waals surface area (Å²) in [5, 5.41) is 0.639. The van der Waals surface area contributed by atoms with E-state index in [4.69, 9.17) is 4.74 Å². The van der Waals surface area contributed by atoms with Gasteiger partial charge in [0.2, 0.25) is 21.6 Å². The van der Waals surface area contributed by atoms with Crippen molar-refractivity contribution < 1.29 is 22.7 Å². The van der Waals surface area contributed by atoms with Crippen LogP contribution < -0.4 is 9.04 Å². The first kappa shape index (κ1) is 22.3. The lowest BCUT2D eigenvalue weighted by Gasteiger charge is -2.17. The highest BCUT2D eigenvalue weighted by Crippen LogP contribution is 2.39. The molecule has 33 heavy (non-hydrogen) atoms. The van der Waals surface area contributed by atoms with Gasteiger partial charge in [-0.15, -0.1) is 0 Å². The van der Waals surface area contributed by atoms with Gasteiger partial charge in [0.25, 0.3) is 0 Å². The number of aromatic amines is 1. The molecule has 7 nitrogen and oxygen atoms in total. The van der Waals surface area contributed by atoms with E-state index in [1.807, 2.05) is 30.3 Å². The summed E-state index contributed by atoms with van der Waals surface area (Å²) in [4.78, 5) is 29.2. The van der Waals surface area contributed by atoms with E-state index < -0.39 is 21.6 Å². The van der Waals surface area contributed by atoms with Crippen LogP contribution in [-0.2, 0) is 10.0 Å². The quantitative estimate of drug-likeness (QED) is 0.326. The molecule has 168 valence electrons. The van der Waals surface area contributed by atoms with Crippen LogP contribution in [0, 0.1) is 0 Å². The molecule has 0 spiro atoms. The average Bonchev–Trinajstić information content (AvgIpc) is 3.22. The number of para-hydroxylation sites is 1. The molecule has 0 bridgehead atoms. The number of nitrogens with zero attached hydrogens (tertiary/aromatic N) is 1. The lowest BCUT2D eigenvalue weighted by atomic mass is 9.97. The number of fused-ring (bicyclic) bond motifs is 1. The minimum Gasteiger partial charge on any atom is -0.497 e. The third-order valence-electron chi connectivity index (χ3n) is 5.49. The van der Waals surface area contributed by atoms with Crippen molar-refractivity contribution in [2.45, 2.75) is 0 Å². The molecule has 8 heteroatoms. The van der Waals surface area contributed by atoms with E-state index in [1.54, 1.807) is 30.3 Å². The van der Waals surface area contributed by atoms with Gasteiger partial charge in [0.15, 0.2) is 0 Å². The van der Waals surface area contributed by atoms with Crippen LogP contribution in [0.4, 0.5) is 5.82 Å². The average molecular weight is 463 g/mol. The van der Waals surface area contributed by atoms with Crippen LogP contribution in [-0.4, -0.2) is 45.4 Å². The number of Topliss-reactive ketones (excluding diaryl/α,β-unsaturated/α-hetero) is 2. The van der Waals surface area contributed by atoms with Gasteiger partial charge in [-0.05, 0) is 35.9 Å². The van der Waals surface area contributed by atoms with Crippen LogP contribution in [0.25, 0.3) is 22.0 Å². The summed E-state index contributed by atoms with van der Waals surface area (Å²) < 4.78 is 30.9. The second kappa shape index (κ2) is 8.55. The second-order valence-electron chi connectivity index (χ2n) is 7.56. The SMILES string of the molecule is COc1ccc(C(=O)C(=O)c2cccc3c(-c4ccccc4)c(N(C)S(C)(=O)=O)[nH]c23)cc1. The maximum absolute atomic E-state index is 13.2. The van der Waals surface area contributed by atoms with E-state index >= 15 is 0 Å². The third kappa shape index (κ3) is 4.12. The monoisotopic (exact) mass is 462 g/mol. The van der Waals surface area contributed by atoms with Crippen molar-refractivity contribution in [2.75, 3.05) is 24.7 Å². The Hall–Kier alpha value is -3.91. The molecule has 0 aliphatic rings. The Bertz CT molecular complexity index is 1460. The van der Waals surface area contributed by atoms with E-state index in [1.165, 1.54) is 26.3 Å². The zero-order valence-corrected chi connectivity index (χ0v) is 19.1. The van der Waals surface area contributed by atoms with Gasteiger partial charge >= 0.3 is 0 Å². The fourth-order valence-corrected chi connectivity index (χ4v) is 4.16. The molecule has 0 amide bonds. The van der Waals surface area contributed by atoms with Crippen LogP contribution in [0.1, 0.15) is 20.7 Å². The number of aromatic nitrogens is 1. The summed E-state index contributed by atoms with van der Waals surface area (Å²) in [6.07, 6.45) is 1.10. The summed E-state index contributed by atoms with van der Waals surface area (Å²) in [5.41, 5.74) is 2.21. The molecule has 1 N–H and O–H groups in total. The number of benzene rings is 3. The van der Waals surface area contributed by atoms with Crippen LogP contribution >= 0.6 is 0 Å². The van der Waals surface area contributed by atoms with Crippen LogP contribution in [0.2, 0.25) is 0 Å². The Morgan fingerprint density at radius 1 is 0.879 bits per heavy atom. The first-order valence-electron chi connectivity index (χ1n) is 10.1. The molecule has 0 atom stereocenters. The van der Waals surface area contributed by atoms with Crippen LogP contribution in [0.3, 0.4) is 0 Å². The Morgan fingerprint density at radius 2 is 1.55 bits per heavy atom. The lowest BCUT2D eigenvalue weighted by Crippen LogP contribution is -2.25. The molecule has 0 radical (unpaired) electrons. The molecule has 1 aromatic heterocycles. The number of H-pyrrole nitrogens is 1. The van der Waals surface area contributed by atoms with Crippen LogP contribution in [0.15, 0.2) is 72.8 Å². The number of hydrogen-bond acceptors (Lipinski definition) is 5. The highest BCUT2D eigenvalue weighted by atomic mass is 32.2. The number of ketones is 2. The number of anilines is 1. The number of rotatable bonds is 7. The summed E-state index contributed by atoms with van der Waals surface area (Å²) in [6.45, 7) is 0. The fourth-order valence-electron chi connectivity index (χ4n) is 3.69. The maximum atomic E-state index is 13.2. The predicted octanol–water partition coefficient (Wildman–Crippen LogP) is 4.30. The number of sulfonamides is 1. The Morgan fingerprint density at radius 3 is 2.15 bits per heavy atom. The first-order valence-corrected chi connectivity index (χ1v) is 11.9. The maximum Gasteiger partial charge on any atom is 0.235 e. The Balaban J connectivity index is 1.90. The van der Waals surface area contributed by atoms with Crippen molar-refractivity contribution >= 4 is 38.3 Å². The van der Waals surface area contributed by atoms with Gasteiger partial charge in [-0.25, -0.2) is 8.42 Å². The summed E-state index contributed by atoms with van der Waals surface area (Å²) >= 11 is 0. The standard InChI is InChI=1S/C25H22N2O5S/c1-27(33(3,30)31)25-21(16-8-5-4-6-9-16)19-10-7-11-20(22(19)26-25)24(29)23(28)17-12-14-18(32-2)15-13-17/h4-15,26H,1-3H3. The fraction of sp³-hybridized carbons (Fsp3) is 0.120. The van der Waals surface area contributed by atoms with E-state index in [2.05, 4.69) is 4.98 Å². The van der Waals surface area contributed by atoms with Gasteiger partial charge in [0, 0.05) is 23.6 Å². The van der Waals surface area contributed by atoms with Crippen molar-refractivity contribution in [1.82, 2.24) is 4.98 Å². The highest BCUT2D eigenvalue weighted by molar-refractivity contribution is 7.92. The number of hydrogen-bond donors (Lipinski definition) is 1. The van der Waals surface area contributed by atoms with Crippen molar-refractivity contribution in [3.05, 3.63) is 83.9 Å². The molecule has 4 rings (SSSR count). The van der Waals surface area contributed by atoms with E-state index in [0.717, 1.165) is 16.1 Å². The molecule has 3 aromatic carbocycles. The number of carbonyl (C=O) groups excluding carboxylic acids is 2. The van der Waals surface area contributed by atoms with E-state index in [-0.39, 0.29) is 11.1 Å². The summed E-state index contributed by atoms with van der Waals surface area (Å²) in [6, 6.07) is 20.6. The molecule has 0 aliphatic heterocycles. The molecular weight excluding hydrogens is 440 g/mol. The van der Waals surface area contributed by atoms with Gasteiger partial charge in [-0.2, -0.15) is 0 Å². The molecule has 0 saturated carbocycles. The highest BCUT2D eigenvalue weighted by Gasteiger charge is 2.26. The second-order valence-corrected chi connectivity index (χ2v) is 9.57. The Kier molecular flexibility index (Phi) is 5.78. The largest absolute Gasteiger partial charge is 0.497 e. The molecule has 1 heterocycles. The number of nitrogens with one attached hydrogen (secondary N) is 1. The van der Waals surface area contributed by atoms with Crippen molar-refractivity contribution in [1.29, 1.82) is 0 Å². The van der Waals surface area contributed by atoms with Gasteiger partial charge in [0.05, 0.1) is 24.4 Å². The topological polar surface area (TPSA) is 96.5 Å². The third-order valence-corrected chi connectivity index (χ3v) is 6.67. The Labute approximate surface area is 191 Å².